The second-order valence-electron chi connectivity index (χ2n) is 5.25. The van der Waals surface area contributed by atoms with E-state index in [-0.39, 0.29) is 18.4 Å². The van der Waals surface area contributed by atoms with Crippen LogP contribution in [0.2, 0.25) is 0 Å². The van der Waals surface area contributed by atoms with Gasteiger partial charge in [0.15, 0.2) is 6.10 Å². The molecule has 0 aliphatic heterocycles. The van der Waals surface area contributed by atoms with Gasteiger partial charge < -0.3 is 15.8 Å². The number of hydrogen-bond donors (Lipinski definition) is 2. The molecular formula is C16H24N2O3. The Bertz CT molecular complexity index is 471. The van der Waals surface area contributed by atoms with Crippen molar-refractivity contribution >= 4 is 17.6 Å². The predicted molar refractivity (Wildman–Crippen MR) is 82.6 cm³/mol. The van der Waals surface area contributed by atoms with Crippen LogP contribution in [0.5, 0.6) is 0 Å². The number of esters is 1. The Labute approximate surface area is 125 Å². The van der Waals surface area contributed by atoms with E-state index in [2.05, 4.69) is 12.2 Å². The molecule has 0 spiro atoms. The highest BCUT2D eigenvalue weighted by Gasteiger charge is 2.19. The van der Waals surface area contributed by atoms with E-state index in [1.165, 1.54) is 0 Å². The van der Waals surface area contributed by atoms with Crippen LogP contribution >= 0.6 is 0 Å². The van der Waals surface area contributed by atoms with Gasteiger partial charge in [-0.1, -0.05) is 25.5 Å². The van der Waals surface area contributed by atoms with Crippen LogP contribution < -0.4 is 11.1 Å². The van der Waals surface area contributed by atoms with Gasteiger partial charge in [-0.25, -0.2) is 0 Å². The fourth-order valence-electron chi connectivity index (χ4n) is 1.96. The van der Waals surface area contributed by atoms with E-state index >= 15 is 0 Å². The van der Waals surface area contributed by atoms with Gasteiger partial charge in [0.1, 0.15) is 0 Å². The molecular weight excluding hydrogens is 268 g/mol. The molecule has 0 radical (unpaired) electrons. The van der Waals surface area contributed by atoms with Crippen LogP contribution in [-0.4, -0.2) is 24.0 Å². The first-order chi connectivity index (χ1) is 9.92. The summed E-state index contributed by atoms with van der Waals surface area (Å²) >= 11 is 0. The van der Waals surface area contributed by atoms with Crippen LogP contribution in [-0.2, 0) is 20.7 Å². The van der Waals surface area contributed by atoms with Crippen molar-refractivity contribution < 1.29 is 14.3 Å². The Morgan fingerprint density at radius 2 is 1.86 bits per heavy atom. The summed E-state index contributed by atoms with van der Waals surface area (Å²) < 4.78 is 5.14. The maximum Gasteiger partial charge on any atom is 0.311 e. The Kier molecular flexibility index (Phi) is 6.72. The SMILES string of the molecule is CCCC(C)NC(=O)C(C)OC(=O)Cc1ccc(N)cc1. The number of hydrogen-bond acceptors (Lipinski definition) is 4. The van der Waals surface area contributed by atoms with E-state index in [1.807, 2.05) is 6.92 Å². The van der Waals surface area contributed by atoms with Gasteiger partial charge in [0.05, 0.1) is 6.42 Å². The maximum atomic E-state index is 11.9. The molecule has 2 atom stereocenters. The number of carbonyl (C=O) groups excluding carboxylic acids is 2. The number of nitrogens with one attached hydrogen (secondary N) is 1. The van der Waals surface area contributed by atoms with Crippen molar-refractivity contribution in [2.24, 2.45) is 0 Å². The molecule has 1 rings (SSSR count). The van der Waals surface area contributed by atoms with Crippen LogP contribution in [0, 0.1) is 0 Å². The predicted octanol–water partition coefficient (Wildman–Crippen LogP) is 2.05. The third-order valence-electron chi connectivity index (χ3n) is 3.12. The van der Waals surface area contributed by atoms with Gasteiger partial charge in [0.25, 0.3) is 5.91 Å². The first kappa shape index (κ1) is 17.0. The molecule has 21 heavy (non-hydrogen) atoms. The summed E-state index contributed by atoms with van der Waals surface area (Å²) in [6.45, 7) is 5.57. The topological polar surface area (TPSA) is 81.4 Å². The highest BCUT2D eigenvalue weighted by atomic mass is 16.5. The van der Waals surface area contributed by atoms with E-state index in [4.69, 9.17) is 10.5 Å². The first-order valence-corrected chi connectivity index (χ1v) is 7.26. The molecule has 0 bridgehead atoms. The normalized spacial score (nSPS) is 13.3. The molecule has 0 saturated heterocycles. The van der Waals surface area contributed by atoms with E-state index in [9.17, 15) is 9.59 Å². The lowest BCUT2D eigenvalue weighted by Crippen LogP contribution is -2.40. The molecule has 0 heterocycles. The number of ether oxygens (including phenoxy) is 1. The van der Waals surface area contributed by atoms with Crippen molar-refractivity contribution in [3.63, 3.8) is 0 Å². The number of nitrogen functional groups attached to an aromatic ring is 1. The molecule has 1 aromatic rings. The molecule has 0 aliphatic rings. The molecule has 0 saturated carbocycles. The lowest BCUT2D eigenvalue weighted by molar-refractivity contribution is -0.154. The molecule has 5 nitrogen and oxygen atoms in total. The average molecular weight is 292 g/mol. The van der Waals surface area contributed by atoms with Gasteiger partial charge in [-0.3, -0.25) is 9.59 Å². The van der Waals surface area contributed by atoms with E-state index in [0.29, 0.717) is 5.69 Å². The van der Waals surface area contributed by atoms with Crippen LogP contribution in [0.15, 0.2) is 24.3 Å². The first-order valence-electron chi connectivity index (χ1n) is 7.26. The molecule has 0 aromatic heterocycles. The third-order valence-corrected chi connectivity index (χ3v) is 3.12. The highest BCUT2D eigenvalue weighted by Crippen LogP contribution is 2.07. The smallest absolute Gasteiger partial charge is 0.311 e. The van der Waals surface area contributed by atoms with Crippen molar-refractivity contribution in [1.29, 1.82) is 0 Å². The van der Waals surface area contributed by atoms with Crippen LogP contribution in [0.3, 0.4) is 0 Å². The summed E-state index contributed by atoms with van der Waals surface area (Å²) in [4.78, 5) is 23.6. The fraction of sp³-hybridized carbons (Fsp3) is 0.500. The van der Waals surface area contributed by atoms with Crippen molar-refractivity contribution in [3.8, 4) is 0 Å². The maximum absolute atomic E-state index is 11.9. The minimum Gasteiger partial charge on any atom is -0.452 e. The van der Waals surface area contributed by atoms with E-state index in [0.717, 1.165) is 18.4 Å². The quantitative estimate of drug-likeness (QED) is 0.595. The zero-order chi connectivity index (χ0) is 15.8. The Morgan fingerprint density at radius 1 is 1.24 bits per heavy atom. The second-order valence-corrected chi connectivity index (χ2v) is 5.25. The fourth-order valence-corrected chi connectivity index (χ4v) is 1.96. The highest BCUT2D eigenvalue weighted by molar-refractivity contribution is 5.84. The zero-order valence-electron chi connectivity index (χ0n) is 12.9. The summed E-state index contributed by atoms with van der Waals surface area (Å²) in [5, 5.41) is 2.82. The Balaban J connectivity index is 2.42. The molecule has 116 valence electrons. The number of benzene rings is 1. The van der Waals surface area contributed by atoms with Gasteiger partial charge in [0, 0.05) is 11.7 Å². The summed E-state index contributed by atoms with van der Waals surface area (Å²) in [7, 11) is 0. The molecule has 3 N–H and O–H groups in total. The second kappa shape index (κ2) is 8.29. The van der Waals surface area contributed by atoms with Crippen molar-refractivity contribution in [1.82, 2.24) is 5.32 Å². The summed E-state index contributed by atoms with van der Waals surface area (Å²) in [6, 6.07) is 7.08. The zero-order valence-corrected chi connectivity index (χ0v) is 12.9. The van der Waals surface area contributed by atoms with Gasteiger partial charge in [-0.2, -0.15) is 0 Å². The summed E-state index contributed by atoms with van der Waals surface area (Å²) in [6.07, 6.45) is 1.23. The molecule has 1 aromatic carbocycles. The van der Waals surface area contributed by atoms with E-state index in [1.54, 1.807) is 31.2 Å². The standard InChI is InChI=1S/C16H24N2O3/c1-4-5-11(2)18-16(20)12(3)21-15(19)10-13-6-8-14(17)9-7-13/h6-9,11-12H,4-5,10,17H2,1-3H3,(H,18,20). The molecule has 1 amide bonds. The number of anilines is 1. The number of amides is 1. The molecule has 0 aliphatic carbocycles. The summed E-state index contributed by atoms with van der Waals surface area (Å²) in [5.41, 5.74) is 7.03. The minimum absolute atomic E-state index is 0.0840. The number of nitrogens with two attached hydrogens (primary N) is 1. The van der Waals surface area contributed by atoms with Crippen molar-refractivity contribution in [2.45, 2.75) is 52.2 Å². The lowest BCUT2D eigenvalue weighted by atomic mass is 10.1. The van der Waals surface area contributed by atoms with Gasteiger partial charge >= 0.3 is 5.97 Å². The Morgan fingerprint density at radius 3 is 2.43 bits per heavy atom. The van der Waals surface area contributed by atoms with Gasteiger partial charge in [0.2, 0.25) is 0 Å². The number of carbonyl (C=O) groups is 2. The van der Waals surface area contributed by atoms with Crippen molar-refractivity contribution in [3.05, 3.63) is 29.8 Å². The molecule has 2 unspecified atom stereocenters. The minimum atomic E-state index is -0.786. The Hall–Kier alpha value is -2.04. The van der Waals surface area contributed by atoms with Gasteiger partial charge in [-0.05, 0) is 38.0 Å². The van der Waals surface area contributed by atoms with Crippen LogP contribution in [0.1, 0.15) is 39.2 Å². The monoisotopic (exact) mass is 292 g/mol. The molecule has 0 fully saturated rings. The van der Waals surface area contributed by atoms with Gasteiger partial charge in [-0.15, -0.1) is 0 Å². The third kappa shape index (κ3) is 6.29. The van der Waals surface area contributed by atoms with Crippen molar-refractivity contribution in [2.75, 3.05) is 5.73 Å². The van der Waals surface area contributed by atoms with Crippen LogP contribution in [0.4, 0.5) is 5.69 Å². The number of rotatable bonds is 7. The lowest BCUT2D eigenvalue weighted by Gasteiger charge is -2.17. The van der Waals surface area contributed by atoms with Crippen LogP contribution in [0.25, 0.3) is 0 Å². The largest absolute Gasteiger partial charge is 0.452 e. The molecule has 5 heteroatoms. The van der Waals surface area contributed by atoms with E-state index < -0.39 is 12.1 Å². The summed E-state index contributed by atoms with van der Waals surface area (Å²) in [5.74, 6) is -0.688. The average Bonchev–Trinajstić information content (AvgIpc) is 2.41.